The lowest BCUT2D eigenvalue weighted by Gasteiger charge is -2.40. The molecule has 0 N–H and O–H groups in total. The Kier molecular flexibility index (Phi) is 5.52. The number of imide groups is 1. The first-order chi connectivity index (χ1) is 16.0. The van der Waals surface area contributed by atoms with Gasteiger partial charge in [-0.1, -0.05) is 54.6 Å². The van der Waals surface area contributed by atoms with Crippen LogP contribution in [0.3, 0.4) is 0 Å². The molecule has 1 unspecified atom stereocenters. The number of piperazine rings is 1. The second-order valence-electron chi connectivity index (χ2n) is 8.63. The molecule has 1 saturated heterocycles. The van der Waals surface area contributed by atoms with Gasteiger partial charge in [0.1, 0.15) is 0 Å². The summed E-state index contributed by atoms with van der Waals surface area (Å²) in [5.74, 6) is -0.632. The van der Waals surface area contributed by atoms with Crippen LogP contribution in [0.4, 0.5) is 0 Å². The Bertz CT molecular complexity index is 1190. The molecule has 6 nitrogen and oxygen atoms in total. The quantitative estimate of drug-likeness (QED) is 0.583. The molecule has 0 aliphatic carbocycles. The van der Waals surface area contributed by atoms with E-state index >= 15 is 0 Å². The first-order valence-electron chi connectivity index (χ1n) is 11.1. The highest BCUT2D eigenvalue weighted by Gasteiger charge is 2.35. The van der Waals surface area contributed by atoms with Gasteiger partial charge in [-0.3, -0.25) is 19.3 Å². The summed E-state index contributed by atoms with van der Waals surface area (Å²) in [6.45, 7) is 2.35. The number of benzene rings is 3. The van der Waals surface area contributed by atoms with Crippen molar-refractivity contribution in [2.45, 2.75) is 12.6 Å². The van der Waals surface area contributed by atoms with Crippen molar-refractivity contribution >= 4 is 17.7 Å². The second kappa shape index (κ2) is 8.64. The highest BCUT2D eigenvalue weighted by Crippen LogP contribution is 2.28. The predicted octanol–water partition coefficient (Wildman–Crippen LogP) is 3.61. The molecule has 0 aromatic heterocycles. The molecule has 3 aromatic carbocycles. The third-order valence-corrected chi connectivity index (χ3v) is 6.42. The zero-order valence-corrected chi connectivity index (χ0v) is 18.5. The summed E-state index contributed by atoms with van der Waals surface area (Å²) in [6, 6.07) is 24.2. The number of likely N-dealkylation sites (N-methyl/N-ethyl adjacent to an activating group) is 1. The Balaban J connectivity index is 1.38. The fourth-order valence-corrected chi connectivity index (χ4v) is 4.66. The smallest absolute Gasteiger partial charge is 0.261 e. The Morgan fingerprint density at radius 3 is 2.21 bits per heavy atom. The number of carbonyl (C=O) groups is 3. The molecule has 2 aliphatic heterocycles. The number of rotatable bonds is 4. The van der Waals surface area contributed by atoms with Crippen LogP contribution in [0.15, 0.2) is 78.9 Å². The molecule has 3 amide bonds. The molecule has 1 atom stereocenters. The average Bonchev–Trinajstić information content (AvgIpc) is 3.09. The Morgan fingerprint density at radius 1 is 0.848 bits per heavy atom. The lowest BCUT2D eigenvalue weighted by Crippen LogP contribution is -2.49. The zero-order valence-electron chi connectivity index (χ0n) is 18.5. The molecule has 3 aromatic rings. The van der Waals surface area contributed by atoms with Crippen molar-refractivity contribution in [3.63, 3.8) is 0 Å². The fraction of sp³-hybridized carbons (Fsp3) is 0.222. The van der Waals surface area contributed by atoms with E-state index in [0.717, 1.165) is 24.2 Å². The number of hydrogen-bond donors (Lipinski definition) is 0. The van der Waals surface area contributed by atoms with E-state index in [1.165, 1.54) is 4.90 Å². The maximum Gasteiger partial charge on any atom is 0.261 e. The molecule has 0 bridgehead atoms. The van der Waals surface area contributed by atoms with Crippen LogP contribution >= 0.6 is 0 Å². The van der Waals surface area contributed by atoms with E-state index in [-0.39, 0.29) is 30.3 Å². The Hall–Kier alpha value is -3.77. The molecular formula is C27H25N3O3. The van der Waals surface area contributed by atoms with E-state index in [1.807, 2.05) is 35.2 Å². The van der Waals surface area contributed by atoms with Crippen molar-refractivity contribution in [3.05, 3.63) is 107 Å². The normalized spacial score (nSPS) is 18.5. The summed E-state index contributed by atoms with van der Waals surface area (Å²) in [7, 11) is 2.07. The summed E-state index contributed by atoms with van der Waals surface area (Å²) < 4.78 is 0. The Morgan fingerprint density at radius 2 is 1.52 bits per heavy atom. The average molecular weight is 440 g/mol. The van der Waals surface area contributed by atoms with Crippen LogP contribution in [-0.4, -0.2) is 59.1 Å². The number of fused-ring (bicyclic) bond motifs is 1. The van der Waals surface area contributed by atoms with Crippen LogP contribution in [0.5, 0.6) is 0 Å². The van der Waals surface area contributed by atoms with E-state index in [1.54, 1.807) is 36.4 Å². The van der Waals surface area contributed by atoms with Crippen molar-refractivity contribution < 1.29 is 14.4 Å². The number of nitrogens with zero attached hydrogens (tertiary/aromatic N) is 3. The first-order valence-corrected chi connectivity index (χ1v) is 11.1. The molecular weight excluding hydrogens is 414 g/mol. The highest BCUT2D eigenvalue weighted by atomic mass is 16.2. The van der Waals surface area contributed by atoms with Crippen LogP contribution in [0.1, 0.15) is 48.2 Å². The monoisotopic (exact) mass is 439 g/mol. The van der Waals surface area contributed by atoms with E-state index in [4.69, 9.17) is 0 Å². The van der Waals surface area contributed by atoms with Gasteiger partial charge >= 0.3 is 0 Å². The molecule has 1 fully saturated rings. The molecule has 33 heavy (non-hydrogen) atoms. The van der Waals surface area contributed by atoms with Crippen molar-refractivity contribution in [2.75, 3.05) is 26.7 Å². The van der Waals surface area contributed by atoms with Gasteiger partial charge in [-0.2, -0.15) is 0 Å². The zero-order chi connectivity index (χ0) is 22.9. The Labute approximate surface area is 193 Å². The number of hydrogen-bond acceptors (Lipinski definition) is 4. The minimum Gasteiger partial charge on any atom is -0.329 e. The van der Waals surface area contributed by atoms with Gasteiger partial charge in [0.2, 0.25) is 0 Å². The van der Waals surface area contributed by atoms with E-state index in [9.17, 15) is 14.4 Å². The van der Waals surface area contributed by atoms with Gasteiger partial charge in [-0.15, -0.1) is 0 Å². The third kappa shape index (κ3) is 3.94. The van der Waals surface area contributed by atoms with Crippen molar-refractivity contribution in [1.82, 2.24) is 14.7 Å². The van der Waals surface area contributed by atoms with E-state index in [2.05, 4.69) is 24.1 Å². The van der Waals surface area contributed by atoms with Crippen LogP contribution in [0.2, 0.25) is 0 Å². The maximum atomic E-state index is 13.5. The van der Waals surface area contributed by atoms with Crippen molar-refractivity contribution in [2.24, 2.45) is 0 Å². The molecule has 0 saturated carbocycles. The summed E-state index contributed by atoms with van der Waals surface area (Å²) in [5.41, 5.74) is 3.28. The minimum absolute atomic E-state index is 0.0302. The minimum atomic E-state index is -0.296. The lowest BCUT2D eigenvalue weighted by molar-refractivity contribution is 0.0497. The molecule has 6 heteroatoms. The third-order valence-electron chi connectivity index (χ3n) is 6.42. The topological polar surface area (TPSA) is 60.9 Å². The van der Waals surface area contributed by atoms with Crippen molar-refractivity contribution in [3.8, 4) is 0 Å². The van der Waals surface area contributed by atoms with Gasteiger partial charge in [-0.05, 0) is 42.4 Å². The molecule has 5 rings (SSSR count). The van der Waals surface area contributed by atoms with Gasteiger partial charge in [0.15, 0.2) is 0 Å². The molecule has 0 radical (unpaired) electrons. The van der Waals surface area contributed by atoms with Crippen LogP contribution in [0, 0.1) is 0 Å². The lowest BCUT2D eigenvalue weighted by atomic mass is 10.0. The standard InChI is InChI=1S/C27H25N3O3/c1-28-14-15-29(24(18-28)20-9-3-2-4-10-20)25(31)21-11-7-8-19(16-21)17-30-26(32)22-12-5-6-13-23(22)27(30)33/h2-13,16,24H,14-15,17-18H2,1H3. The van der Waals surface area contributed by atoms with Crippen LogP contribution < -0.4 is 0 Å². The number of carbonyl (C=O) groups excluding carboxylic acids is 3. The maximum absolute atomic E-state index is 13.5. The van der Waals surface area contributed by atoms with E-state index in [0.29, 0.717) is 23.2 Å². The van der Waals surface area contributed by atoms with Gasteiger partial charge < -0.3 is 9.80 Å². The molecule has 2 heterocycles. The van der Waals surface area contributed by atoms with Crippen LogP contribution in [-0.2, 0) is 6.54 Å². The van der Waals surface area contributed by atoms with Gasteiger partial charge in [0, 0.05) is 25.2 Å². The second-order valence-corrected chi connectivity index (χ2v) is 8.63. The summed E-state index contributed by atoms with van der Waals surface area (Å²) >= 11 is 0. The predicted molar refractivity (Wildman–Crippen MR) is 125 cm³/mol. The van der Waals surface area contributed by atoms with Crippen molar-refractivity contribution in [1.29, 1.82) is 0 Å². The van der Waals surface area contributed by atoms with Gasteiger partial charge in [-0.25, -0.2) is 0 Å². The molecule has 0 spiro atoms. The fourth-order valence-electron chi connectivity index (χ4n) is 4.66. The summed E-state index contributed by atoms with van der Waals surface area (Å²) in [5, 5.41) is 0. The SMILES string of the molecule is CN1CCN(C(=O)c2cccc(CN3C(=O)c4ccccc4C3=O)c2)C(c2ccccc2)C1. The summed E-state index contributed by atoms with van der Waals surface area (Å²) in [4.78, 5) is 44.4. The van der Waals surface area contributed by atoms with E-state index < -0.39 is 0 Å². The molecule has 166 valence electrons. The van der Waals surface area contributed by atoms with Crippen LogP contribution in [0.25, 0.3) is 0 Å². The number of amides is 3. The van der Waals surface area contributed by atoms with Gasteiger partial charge in [0.25, 0.3) is 17.7 Å². The summed E-state index contributed by atoms with van der Waals surface area (Å²) in [6.07, 6.45) is 0. The first kappa shape index (κ1) is 21.1. The highest BCUT2D eigenvalue weighted by molar-refractivity contribution is 6.21. The molecule has 2 aliphatic rings. The van der Waals surface area contributed by atoms with Gasteiger partial charge in [0.05, 0.1) is 23.7 Å². The largest absolute Gasteiger partial charge is 0.329 e.